The smallest absolute Gasteiger partial charge is 0.312 e. The highest BCUT2D eigenvalue weighted by atomic mass is 79.9. The fourth-order valence-electron chi connectivity index (χ4n) is 4.28. The molecule has 0 saturated carbocycles. The van der Waals surface area contributed by atoms with Crippen LogP contribution < -0.4 is 0 Å². The number of nitrogens with zero attached hydrogens (tertiary/aromatic N) is 1. The molecule has 25 heavy (non-hydrogen) atoms. The van der Waals surface area contributed by atoms with Crippen LogP contribution in [0.5, 0.6) is 0 Å². The standard InChI is InChI=1S/C19H20BrNO4/c1-3-24-18(23)15-14-8-9-19(25-14)10-21(17(22)16(15)19)11(2)12-4-6-13(20)7-5-12/h4-9,11,14-16H,3,10H2,1-2H3/t11-,14-,15+,16-,19+/m0/s1. The number of carbonyl (C=O) groups is 2. The van der Waals surface area contributed by atoms with E-state index < -0.39 is 17.4 Å². The molecule has 2 saturated heterocycles. The second-order valence-corrected chi connectivity index (χ2v) is 7.76. The number of hydrogen-bond acceptors (Lipinski definition) is 4. The predicted molar refractivity (Wildman–Crippen MR) is 94.6 cm³/mol. The van der Waals surface area contributed by atoms with Crippen molar-refractivity contribution in [3.05, 3.63) is 46.5 Å². The van der Waals surface area contributed by atoms with E-state index in [1.54, 1.807) is 6.92 Å². The summed E-state index contributed by atoms with van der Waals surface area (Å²) >= 11 is 3.43. The lowest BCUT2D eigenvalue weighted by atomic mass is 9.77. The minimum atomic E-state index is -0.692. The number of ether oxygens (including phenoxy) is 2. The SMILES string of the molecule is CCOC(=O)[C@@H]1[C@@H]2C=C[C@]3(CN([C@@H](C)c4ccc(Br)cc4)C(=O)[C@H]13)O2. The summed E-state index contributed by atoms with van der Waals surface area (Å²) in [6, 6.07) is 7.86. The van der Waals surface area contributed by atoms with Crippen molar-refractivity contribution in [2.24, 2.45) is 11.8 Å². The molecular formula is C19H20BrNO4. The fourth-order valence-corrected chi connectivity index (χ4v) is 4.55. The summed E-state index contributed by atoms with van der Waals surface area (Å²) in [6.07, 6.45) is 3.52. The molecule has 2 bridgehead atoms. The monoisotopic (exact) mass is 405 g/mol. The first-order valence-electron chi connectivity index (χ1n) is 8.56. The lowest BCUT2D eigenvalue weighted by molar-refractivity contribution is -0.153. The number of likely N-dealkylation sites (tertiary alicyclic amines) is 1. The molecule has 3 heterocycles. The number of benzene rings is 1. The molecule has 6 heteroatoms. The summed E-state index contributed by atoms with van der Waals surface area (Å²) in [5.41, 5.74) is 0.363. The maximum Gasteiger partial charge on any atom is 0.312 e. The molecule has 3 aliphatic heterocycles. The van der Waals surface area contributed by atoms with E-state index in [9.17, 15) is 9.59 Å². The maximum absolute atomic E-state index is 13.2. The van der Waals surface area contributed by atoms with Crippen LogP contribution in [0.25, 0.3) is 0 Å². The van der Waals surface area contributed by atoms with Crippen molar-refractivity contribution in [3.8, 4) is 0 Å². The van der Waals surface area contributed by atoms with Crippen LogP contribution in [0.4, 0.5) is 0 Å². The number of rotatable bonds is 4. The Balaban J connectivity index is 1.63. The maximum atomic E-state index is 13.2. The highest BCUT2D eigenvalue weighted by Crippen LogP contribution is 2.53. The van der Waals surface area contributed by atoms with Crippen molar-refractivity contribution in [3.63, 3.8) is 0 Å². The number of fused-ring (bicyclic) bond motifs is 1. The zero-order chi connectivity index (χ0) is 17.8. The van der Waals surface area contributed by atoms with Crippen molar-refractivity contribution >= 4 is 27.8 Å². The first kappa shape index (κ1) is 16.8. The van der Waals surface area contributed by atoms with E-state index in [1.807, 2.05) is 48.2 Å². The Morgan fingerprint density at radius 3 is 2.84 bits per heavy atom. The van der Waals surface area contributed by atoms with Crippen LogP contribution in [0.3, 0.4) is 0 Å². The van der Waals surface area contributed by atoms with E-state index in [4.69, 9.17) is 9.47 Å². The van der Waals surface area contributed by atoms with Crippen LogP contribution in [0.1, 0.15) is 25.5 Å². The fraction of sp³-hybridized carbons (Fsp3) is 0.474. The van der Waals surface area contributed by atoms with E-state index >= 15 is 0 Å². The zero-order valence-electron chi connectivity index (χ0n) is 14.1. The largest absolute Gasteiger partial charge is 0.466 e. The van der Waals surface area contributed by atoms with Crippen LogP contribution in [0.15, 0.2) is 40.9 Å². The average Bonchev–Trinajstić information content (AvgIpc) is 3.23. The molecule has 1 spiro atoms. The van der Waals surface area contributed by atoms with Gasteiger partial charge >= 0.3 is 5.97 Å². The zero-order valence-corrected chi connectivity index (χ0v) is 15.7. The van der Waals surface area contributed by atoms with Crippen LogP contribution in [0, 0.1) is 11.8 Å². The first-order chi connectivity index (χ1) is 12.0. The van der Waals surface area contributed by atoms with Crippen molar-refractivity contribution in [1.29, 1.82) is 0 Å². The molecule has 3 aliphatic rings. The van der Waals surface area contributed by atoms with Gasteiger partial charge in [-0.05, 0) is 31.5 Å². The Kier molecular flexibility index (Phi) is 4.00. The van der Waals surface area contributed by atoms with Crippen molar-refractivity contribution in [2.75, 3.05) is 13.2 Å². The summed E-state index contributed by atoms with van der Waals surface area (Å²) in [5.74, 6) is -1.39. The molecule has 0 radical (unpaired) electrons. The van der Waals surface area contributed by atoms with Gasteiger partial charge in [0.15, 0.2) is 0 Å². The Morgan fingerprint density at radius 2 is 2.16 bits per heavy atom. The van der Waals surface area contributed by atoms with Crippen molar-refractivity contribution in [2.45, 2.75) is 31.6 Å². The molecule has 1 aromatic rings. The topological polar surface area (TPSA) is 55.8 Å². The highest BCUT2D eigenvalue weighted by molar-refractivity contribution is 9.10. The second kappa shape index (κ2) is 5.95. The van der Waals surface area contributed by atoms with Gasteiger partial charge in [0.25, 0.3) is 0 Å². The first-order valence-corrected chi connectivity index (χ1v) is 9.36. The quantitative estimate of drug-likeness (QED) is 0.570. The molecule has 5 atom stereocenters. The van der Waals surface area contributed by atoms with Gasteiger partial charge in [0, 0.05) is 4.47 Å². The third-order valence-corrected chi connectivity index (χ3v) is 6.04. The summed E-state index contributed by atoms with van der Waals surface area (Å²) < 4.78 is 12.3. The van der Waals surface area contributed by atoms with Crippen LogP contribution >= 0.6 is 15.9 Å². The van der Waals surface area contributed by atoms with Gasteiger partial charge in [-0.15, -0.1) is 0 Å². The highest BCUT2D eigenvalue weighted by Gasteiger charge is 2.67. The second-order valence-electron chi connectivity index (χ2n) is 6.85. The molecule has 2 fully saturated rings. The predicted octanol–water partition coefficient (Wildman–Crippen LogP) is 2.86. The van der Waals surface area contributed by atoms with Gasteiger partial charge in [0.1, 0.15) is 11.5 Å². The molecular weight excluding hydrogens is 386 g/mol. The third kappa shape index (κ3) is 2.46. The Morgan fingerprint density at radius 1 is 1.44 bits per heavy atom. The van der Waals surface area contributed by atoms with E-state index in [-0.39, 0.29) is 24.0 Å². The van der Waals surface area contributed by atoms with E-state index in [2.05, 4.69) is 15.9 Å². The molecule has 0 N–H and O–H groups in total. The minimum absolute atomic E-state index is 0.0275. The van der Waals surface area contributed by atoms with Gasteiger partial charge in [-0.2, -0.15) is 0 Å². The van der Waals surface area contributed by atoms with Crippen LogP contribution in [-0.4, -0.2) is 41.6 Å². The van der Waals surface area contributed by atoms with E-state index in [1.165, 1.54) is 0 Å². The molecule has 1 amide bonds. The molecule has 0 unspecified atom stereocenters. The van der Waals surface area contributed by atoms with E-state index in [0.717, 1.165) is 10.0 Å². The Hall–Kier alpha value is -1.66. The molecule has 4 rings (SSSR count). The lowest BCUT2D eigenvalue weighted by Crippen LogP contribution is -2.40. The van der Waals surface area contributed by atoms with Crippen molar-refractivity contribution in [1.82, 2.24) is 4.90 Å². The van der Waals surface area contributed by atoms with Gasteiger partial charge in [-0.1, -0.05) is 40.2 Å². The number of amides is 1. The molecule has 0 aliphatic carbocycles. The van der Waals surface area contributed by atoms with Gasteiger partial charge in [-0.3, -0.25) is 9.59 Å². The van der Waals surface area contributed by atoms with Crippen LogP contribution in [0.2, 0.25) is 0 Å². The number of halogens is 1. The van der Waals surface area contributed by atoms with Crippen molar-refractivity contribution < 1.29 is 19.1 Å². The normalized spacial score (nSPS) is 33.6. The average molecular weight is 406 g/mol. The Labute approximate surface area is 155 Å². The van der Waals surface area contributed by atoms with Gasteiger partial charge in [0.05, 0.1) is 31.2 Å². The molecule has 1 aromatic carbocycles. The molecule has 132 valence electrons. The summed E-state index contributed by atoms with van der Waals surface area (Å²) in [4.78, 5) is 27.4. The number of esters is 1. The Bertz CT molecular complexity index is 746. The van der Waals surface area contributed by atoms with Gasteiger partial charge in [0.2, 0.25) is 5.91 Å². The summed E-state index contributed by atoms with van der Waals surface area (Å²) in [7, 11) is 0. The number of carbonyl (C=O) groups excluding carboxylic acids is 2. The van der Waals surface area contributed by atoms with E-state index in [0.29, 0.717) is 13.2 Å². The van der Waals surface area contributed by atoms with Gasteiger partial charge < -0.3 is 14.4 Å². The van der Waals surface area contributed by atoms with Crippen LogP contribution in [-0.2, 0) is 19.1 Å². The number of hydrogen-bond donors (Lipinski definition) is 0. The molecule has 0 aromatic heterocycles. The summed E-state index contributed by atoms with van der Waals surface area (Å²) in [6.45, 7) is 4.56. The third-order valence-electron chi connectivity index (χ3n) is 5.51. The molecule has 5 nitrogen and oxygen atoms in total. The lowest BCUT2D eigenvalue weighted by Gasteiger charge is -2.27. The summed E-state index contributed by atoms with van der Waals surface area (Å²) in [5, 5.41) is 0. The minimum Gasteiger partial charge on any atom is -0.466 e. The van der Waals surface area contributed by atoms with Gasteiger partial charge in [-0.25, -0.2) is 0 Å².